The molecule has 0 aliphatic carbocycles. The van der Waals surface area contributed by atoms with E-state index < -0.39 is 5.91 Å². The summed E-state index contributed by atoms with van der Waals surface area (Å²) in [5.74, 6) is 0.160. The lowest BCUT2D eigenvalue weighted by atomic mass is 10.2. The minimum Gasteiger partial charge on any atom is -0.457 e. The van der Waals surface area contributed by atoms with Gasteiger partial charge in [-0.3, -0.25) is 4.79 Å². The van der Waals surface area contributed by atoms with Crippen molar-refractivity contribution in [2.75, 3.05) is 5.32 Å². The van der Waals surface area contributed by atoms with Crippen molar-refractivity contribution in [2.24, 2.45) is 0 Å². The van der Waals surface area contributed by atoms with Gasteiger partial charge in [0.25, 0.3) is 5.91 Å². The predicted molar refractivity (Wildman–Crippen MR) is 113 cm³/mol. The van der Waals surface area contributed by atoms with Gasteiger partial charge in [0.1, 0.15) is 23.2 Å². The molecule has 0 saturated carbocycles. The number of benzene rings is 2. The maximum absolute atomic E-state index is 12.4. The van der Waals surface area contributed by atoms with Crippen molar-refractivity contribution in [3.63, 3.8) is 0 Å². The van der Waals surface area contributed by atoms with Gasteiger partial charge in [-0.15, -0.1) is 0 Å². The molecule has 1 aromatic heterocycles. The number of furan rings is 1. The van der Waals surface area contributed by atoms with Crippen LogP contribution in [0.25, 0.3) is 17.4 Å². The number of nitrogens with zero attached hydrogens (tertiary/aromatic N) is 1. The van der Waals surface area contributed by atoms with Crippen molar-refractivity contribution in [3.05, 3.63) is 80.0 Å². The lowest BCUT2D eigenvalue weighted by Gasteiger charge is -2.05. The Kier molecular flexibility index (Phi) is 6.33. The number of amides is 1. The molecule has 0 saturated heterocycles. The van der Waals surface area contributed by atoms with Gasteiger partial charge >= 0.3 is 0 Å². The molecule has 0 spiro atoms. The second-order valence-corrected chi connectivity index (χ2v) is 7.16. The summed E-state index contributed by atoms with van der Waals surface area (Å²) in [6.45, 7) is 0. The van der Waals surface area contributed by atoms with Crippen LogP contribution < -0.4 is 5.32 Å². The van der Waals surface area contributed by atoms with E-state index in [9.17, 15) is 10.1 Å². The third-order valence-corrected chi connectivity index (χ3v) is 5.23. The molecule has 4 nitrogen and oxygen atoms in total. The van der Waals surface area contributed by atoms with Crippen LogP contribution in [0.4, 0.5) is 5.69 Å². The number of carbonyl (C=O) groups is 1. The standard InChI is InChI=1S/C20H10Cl4N2O2/c21-15-6-4-12(9-17(15)23)26-20(27)11(10-25)8-13-5-7-18(28-13)14-2-1-3-16(22)19(14)24/h1-9H,(H,26,27)/b11-8-. The van der Waals surface area contributed by atoms with E-state index in [2.05, 4.69) is 5.32 Å². The summed E-state index contributed by atoms with van der Waals surface area (Å²) in [6.07, 6.45) is 1.33. The molecule has 3 aromatic rings. The highest BCUT2D eigenvalue weighted by atomic mass is 35.5. The van der Waals surface area contributed by atoms with Crippen molar-refractivity contribution in [1.82, 2.24) is 0 Å². The first-order valence-corrected chi connectivity index (χ1v) is 9.32. The fourth-order valence-corrected chi connectivity index (χ4v) is 3.02. The molecule has 1 N–H and O–H groups in total. The van der Waals surface area contributed by atoms with Gasteiger partial charge in [0, 0.05) is 17.3 Å². The van der Waals surface area contributed by atoms with Gasteiger partial charge in [0.05, 0.1) is 20.1 Å². The summed E-state index contributed by atoms with van der Waals surface area (Å²) in [5, 5.41) is 13.3. The number of nitrogens with one attached hydrogen (secondary N) is 1. The molecule has 0 aliphatic rings. The Morgan fingerprint density at radius 1 is 1.00 bits per heavy atom. The number of anilines is 1. The molecule has 1 heterocycles. The fourth-order valence-electron chi connectivity index (χ4n) is 2.33. The Balaban J connectivity index is 1.84. The van der Waals surface area contributed by atoms with Gasteiger partial charge < -0.3 is 9.73 Å². The van der Waals surface area contributed by atoms with E-state index in [1.165, 1.54) is 12.1 Å². The molecule has 8 heteroatoms. The molecule has 0 bridgehead atoms. The van der Waals surface area contributed by atoms with Crippen LogP contribution in [0.15, 0.2) is 58.5 Å². The Morgan fingerprint density at radius 3 is 2.50 bits per heavy atom. The van der Waals surface area contributed by atoms with Crippen LogP contribution in [0.2, 0.25) is 20.1 Å². The zero-order valence-electron chi connectivity index (χ0n) is 14.0. The lowest BCUT2D eigenvalue weighted by Crippen LogP contribution is -2.13. The number of nitriles is 1. The first-order valence-electron chi connectivity index (χ1n) is 7.81. The van der Waals surface area contributed by atoms with Crippen LogP contribution in [0.5, 0.6) is 0 Å². The van der Waals surface area contributed by atoms with Crippen molar-refractivity contribution in [3.8, 4) is 17.4 Å². The molecule has 0 atom stereocenters. The predicted octanol–water partition coefficient (Wildman–Crippen LogP) is 7.11. The van der Waals surface area contributed by atoms with Crippen LogP contribution in [0.3, 0.4) is 0 Å². The number of hydrogen-bond acceptors (Lipinski definition) is 3. The fraction of sp³-hybridized carbons (Fsp3) is 0. The van der Waals surface area contributed by atoms with E-state index >= 15 is 0 Å². The number of halogens is 4. The van der Waals surface area contributed by atoms with Crippen LogP contribution in [0, 0.1) is 11.3 Å². The Hall–Kier alpha value is -2.42. The SMILES string of the molecule is N#C/C(=C/c1ccc(-c2cccc(Cl)c2Cl)o1)C(=O)Nc1ccc(Cl)c(Cl)c1. The molecule has 3 rings (SSSR count). The second-order valence-electron chi connectivity index (χ2n) is 5.56. The number of carbonyl (C=O) groups excluding carboxylic acids is 1. The zero-order chi connectivity index (χ0) is 20.3. The van der Waals surface area contributed by atoms with Crippen LogP contribution in [-0.4, -0.2) is 5.91 Å². The minimum absolute atomic E-state index is 0.149. The second kappa shape index (κ2) is 8.72. The normalized spacial score (nSPS) is 11.2. The zero-order valence-corrected chi connectivity index (χ0v) is 17.0. The monoisotopic (exact) mass is 450 g/mol. The van der Waals surface area contributed by atoms with Crippen molar-refractivity contribution in [2.45, 2.75) is 0 Å². The first kappa shape index (κ1) is 20.3. The minimum atomic E-state index is -0.611. The average Bonchev–Trinajstić information content (AvgIpc) is 3.13. The molecule has 0 fully saturated rings. The first-order chi connectivity index (χ1) is 13.4. The Bertz CT molecular complexity index is 1130. The summed E-state index contributed by atoms with van der Waals surface area (Å²) >= 11 is 24.0. The molecule has 140 valence electrons. The highest BCUT2D eigenvalue weighted by molar-refractivity contribution is 6.43. The third-order valence-electron chi connectivity index (χ3n) is 3.67. The van der Waals surface area contributed by atoms with E-state index in [0.717, 1.165) is 0 Å². The molecular weight excluding hydrogens is 442 g/mol. The highest BCUT2D eigenvalue weighted by Crippen LogP contribution is 2.34. The Morgan fingerprint density at radius 2 is 1.79 bits per heavy atom. The molecular formula is C20H10Cl4N2O2. The average molecular weight is 452 g/mol. The maximum atomic E-state index is 12.4. The summed E-state index contributed by atoms with van der Waals surface area (Å²) in [7, 11) is 0. The van der Waals surface area contributed by atoms with Gasteiger partial charge in [-0.25, -0.2) is 0 Å². The van der Waals surface area contributed by atoms with Crippen molar-refractivity contribution >= 4 is 64.1 Å². The summed E-state index contributed by atoms with van der Waals surface area (Å²) in [6, 6.07) is 14.9. The molecule has 0 radical (unpaired) electrons. The van der Waals surface area contributed by atoms with Gasteiger partial charge in [-0.1, -0.05) is 52.5 Å². The smallest absolute Gasteiger partial charge is 0.266 e. The van der Waals surface area contributed by atoms with E-state index in [4.69, 9.17) is 50.8 Å². The van der Waals surface area contributed by atoms with E-state index in [0.29, 0.717) is 37.8 Å². The van der Waals surface area contributed by atoms with E-state index in [1.807, 2.05) is 6.07 Å². The summed E-state index contributed by atoms with van der Waals surface area (Å²) in [4.78, 5) is 12.4. The van der Waals surface area contributed by atoms with Crippen molar-refractivity contribution < 1.29 is 9.21 Å². The highest BCUT2D eigenvalue weighted by Gasteiger charge is 2.14. The van der Waals surface area contributed by atoms with E-state index in [-0.39, 0.29) is 10.6 Å². The maximum Gasteiger partial charge on any atom is 0.266 e. The lowest BCUT2D eigenvalue weighted by molar-refractivity contribution is -0.112. The van der Waals surface area contributed by atoms with Crippen LogP contribution >= 0.6 is 46.4 Å². The van der Waals surface area contributed by atoms with Gasteiger partial charge in [0.15, 0.2) is 0 Å². The number of rotatable bonds is 4. The quantitative estimate of drug-likeness (QED) is 0.339. The van der Waals surface area contributed by atoms with Gasteiger partial charge in [-0.2, -0.15) is 5.26 Å². The summed E-state index contributed by atoms with van der Waals surface area (Å²) < 4.78 is 5.68. The molecule has 1 amide bonds. The topological polar surface area (TPSA) is 66.0 Å². The van der Waals surface area contributed by atoms with Crippen molar-refractivity contribution in [1.29, 1.82) is 5.26 Å². The van der Waals surface area contributed by atoms with Gasteiger partial charge in [0.2, 0.25) is 0 Å². The molecule has 0 unspecified atom stereocenters. The van der Waals surface area contributed by atoms with Crippen LogP contribution in [0.1, 0.15) is 5.76 Å². The third kappa shape index (κ3) is 4.52. The van der Waals surface area contributed by atoms with Gasteiger partial charge in [-0.05, 0) is 42.5 Å². The van der Waals surface area contributed by atoms with E-state index in [1.54, 1.807) is 42.5 Å². The Labute approximate surface area is 180 Å². The van der Waals surface area contributed by atoms with Crippen LogP contribution in [-0.2, 0) is 4.79 Å². The summed E-state index contributed by atoms with van der Waals surface area (Å²) in [5.41, 5.74) is 0.864. The molecule has 28 heavy (non-hydrogen) atoms. The molecule has 2 aromatic carbocycles. The number of hydrogen-bond donors (Lipinski definition) is 1. The largest absolute Gasteiger partial charge is 0.457 e. The molecule has 0 aliphatic heterocycles.